The van der Waals surface area contributed by atoms with Crippen LogP contribution in [0.2, 0.25) is 0 Å². The zero-order valence-corrected chi connectivity index (χ0v) is 6.04. The molecule has 0 saturated heterocycles. The molecular formula is C6H6N4O2. The minimum absolute atomic E-state index is 0.0392. The van der Waals surface area contributed by atoms with Crippen molar-refractivity contribution in [2.75, 3.05) is 0 Å². The van der Waals surface area contributed by atoms with Crippen molar-refractivity contribution in [2.24, 2.45) is 10.9 Å². The second-order valence-electron chi connectivity index (χ2n) is 1.75. The van der Waals surface area contributed by atoms with E-state index in [0.29, 0.717) is 0 Å². The fourth-order valence-electron chi connectivity index (χ4n) is 0.550. The summed E-state index contributed by atoms with van der Waals surface area (Å²) in [6.45, 7) is 0.163. The number of carbonyl (C=O) groups is 1. The maximum atomic E-state index is 9.71. The fourth-order valence-corrected chi connectivity index (χ4v) is 0.550. The van der Waals surface area contributed by atoms with Gasteiger partial charge >= 0.3 is 6.47 Å². The SMILES string of the molecule is N/C(=N\OC=O)c1ncccn1. The lowest BCUT2D eigenvalue weighted by Crippen LogP contribution is -2.17. The lowest BCUT2D eigenvalue weighted by Gasteiger charge is -1.94. The Balaban J connectivity index is 2.77. The Bertz CT molecular complexity index is 285. The van der Waals surface area contributed by atoms with Crippen molar-refractivity contribution in [2.45, 2.75) is 0 Å². The molecule has 2 N–H and O–H groups in total. The second kappa shape index (κ2) is 4.02. The van der Waals surface area contributed by atoms with Crippen LogP contribution in [-0.2, 0) is 9.63 Å². The van der Waals surface area contributed by atoms with Gasteiger partial charge in [-0.3, -0.25) is 4.79 Å². The van der Waals surface area contributed by atoms with Gasteiger partial charge in [-0.2, -0.15) is 0 Å². The van der Waals surface area contributed by atoms with Crippen molar-refractivity contribution in [1.29, 1.82) is 0 Å². The molecule has 1 heterocycles. The van der Waals surface area contributed by atoms with Gasteiger partial charge in [0, 0.05) is 12.4 Å². The van der Waals surface area contributed by atoms with Crippen LogP contribution in [0.4, 0.5) is 0 Å². The Kier molecular flexibility index (Phi) is 2.72. The zero-order chi connectivity index (χ0) is 8.81. The summed E-state index contributed by atoms with van der Waals surface area (Å²) in [7, 11) is 0. The molecule has 0 fully saturated rings. The summed E-state index contributed by atoms with van der Waals surface area (Å²) in [6.07, 6.45) is 3.01. The van der Waals surface area contributed by atoms with E-state index >= 15 is 0 Å². The molecule has 0 amide bonds. The van der Waals surface area contributed by atoms with E-state index in [-0.39, 0.29) is 18.1 Å². The molecule has 0 atom stereocenters. The Morgan fingerprint density at radius 2 is 2.25 bits per heavy atom. The van der Waals surface area contributed by atoms with Crippen LogP contribution in [0.1, 0.15) is 5.82 Å². The summed E-state index contributed by atoms with van der Waals surface area (Å²) in [5.74, 6) is 0.182. The predicted octanol–water partition coefficient (Wildman–Crippen LogP) is -0.730. The Morgan fingerprint density at radius 3 is 2.83 bits per heavy atom. The number of carbonyl (C=O) groups excluding carboxylic acids is 1. The molecule has 0 spiro atoms. The molecule has 1 rings (SSSR count). The maximum absolute atomic E-state index is 9.71. The van der Waals surface area contributed by atoms with Crippen molar-refractivity contribution in [3.63, 3.8) is 0 Å². The molecule has 0 aliphatic rings. The van der Waals surface area contributed by atoms with E-state index in [1.54, 1.807) is 6.07 Å². The molecule has 0 aromatic carbocycles. The third-order valence-corrected chi connectivity index (χ3v) is 0.989. The van der Waals surface area contributed by atoms with Gasteiger partial charge in [0.05, 0.1) is 0 Å². The van der Waals surface area contributed by atoms with E-state index in [1.807, 2.05) is 0 Å². The fraction of sp³-hybridized carbons (Fsp3) is 0. The molecule has 0 aliphatic heterocycles. The van der Waals surface area contributed by atoms with Crippen molar-refractivity contribution < 1.29 is 9.63 Å². The van der Waals surface area contributed by atoms with Gasteiger partial charge < -0.3 is 10.6 Å². The van der Waals surface area contributed by atoms with E-state index in [4.69, 9.17) is 5.73 Å². The summed E-state index contributed by atoms with van der Waals surface area (Å²) in [5, 5.41) is 3.21. The first-order valence-corrected chi connectivity index (χ1v) is 3.05. The average molecular weight is 166 g/mol. The molecule has 0 radical (unpaired) electrons. The highest BCUT2D eigenvalue weighted by Gasteiger charge is 1.99. The number of nitrogens with two attached hydrogens (primary N) is 1. The van der Waals surface area contributed by atoms with Gasteiger partial charge in [-0.1, -0.05) is 5.16 Å². The molecule has 1 aromatic rings. The molecular weight excluding hydrogens is 160 g/mol. The highest BCUT2D eigenvalue weighted by atomic mass is 16.7. The number of aromatic nitrogens is 2. The van der Waals surface area contributed by atoms with Crippen LogP contribution in [-0.4, -0.2) is 22.3 Å². The van der Waals surface area contributed by atoms with E-state index in [9.17, 15) is 4.79 Å². The largest absolute Gasteiger partial charge is 0.378 e. The van der Waals surface area contributed by atoms with Crippen LogP contribution in [0.25, 0.3) is 0 Å². The third kappa shape index (κ3) is 2.01. The van der Waals surface area contributed by atoms with Crippen molar-refractivity contribution >= 4 is 12.3 Å². The first-order chi connectivity index (χ1) is 5.84. The number of rotatable bonds is 3. The quantitative estimate of drug-likeness (QED) is 0.210. The Labute approximate surface area is 68.1 Å². The lowest BCUT2D eigenvalue weighted by molar-refractivity contribution is -0.128. The molecule has 0 bridgehead atoms. The van der Waals surface area contributed by atoms with Crippen molar-refractivity contribution in [3.8, 4) is 0 Å². The standard InChI is InChI=1S/C6H6N4O2/c7-5(10-12-4-11)6-8-2-1-3-9-6/h1-4H,(H2,7,10). The summed E-state index contributed by atoms with van der Waals surface area (Å²) < 4.78 is 0. The van der Waals surface area contributed by atoms with Crippen LogP contribution in [0.3, 0.4) is 0 Å². The van der Waals surface area contributed by atoms with Crippen LogP contribution in [0.5, 0.6) is 0 Å². The molecule has 6 heteroatoms. The highest BCUT2D eigenvalue weighted by Crippen LogP contribution is 1.86. The second-order valence-corrected chi connectivity index (χ2v) is 1.75. The van der Waals surface area contributed by atoms with Crippen LogP contribution in [0.15, 0.2) is 23.6 Å². The van der Waals surface area contributed by atoms with Crippen LogP contribution in [0, 0.1) is 0 Å². The highest BCUT2D eigenvalue weighted by molar-refractivity contribution is 5.93. The van der Waals surface area contributed by atoms with Crippen LogP contribution < -0.4 is 5.73 Å². The maximum Gasteiger partial charge on any atom is 0.323 e. The molecule has 1 aromatic heterocycles. The normalized spacial score (nSPS) is 10.8. The summed E-state index contributed by atoms with van der Waals surface area (Å²) in [4.78, 5) is 21.3. The number of hydrogen-bond acceptors (Lipinski definition) is 5. The summed E-state index contributed by atoms with van der Waals surface area (Å²) in [6, 6.07) is 1.64. The van der Waals surface area contributed by atoms with Crippen LogP contribution >= 0.6 is 0 Å². The van der Waals surface area contributed by atoms with Gasteiger partial charge in [0.15, 0.2) is 5.82 Å². The van der Waals surface area contributed by atoms with E-state index in [0.717, 1.165) is 0 Å². The minimum atomic E-state index is -0.0392. The number of oxime groups is 1. The third-order valence-electron chi connectivity index (χ3n) is 0.989. The van der Waals surface area contributed by atoms with Crippen molar-refractivity contribution in [1.82, 2.24) is 9.97 Å². The Hall–Kier alpha value is -1.98. The van der Waals surface area contributed by atoms with Gasteiger partial charge in [0.1, 0.15) is 0 Å². The minimum Gasteiger partial charge on any atom is -0.378 e. The number of amidine groups is 1. The predicted molar refractivity (Wildman–Crippen MR) is 39.9 cm³/mol. The molecule has 0 aliphatic carbocycles. The molecule has 0 unspecified atom stereocenters. The first kappa shape index (κ1) is 8.12. The average Bonchev–Trinajstić information content (AvgIpc) is 2.15. The monoisotopic (exact) mass is 166 g/mol. The number of hydrogen-bond donors (Lipinski definition) is 1. The topological polar surface area (TPSA) is 90.5 Å². The summed E-state index contributed by atoms with van der Waals surface area (Å²) >= 11 is 0. The molecule has 6 nitrogen and oxygen atoms in total. The van der Waals surface area contributed by atoms with Gasteiger partial charge in [-0.25, -0.2) is 9.97 Å². The van der Waals surface area contributed by atoms with E-state index < -0.39 is 0 Å². The Morgan fingerprint density at radius 1 is 1.58 bits per heavy atom. The first-order valence-electron chi connectivity index (χ1n) is 3.05. The van der Waals surface area contributed by atoms with Gasteiger partial charge in [0.25, 0.3) is 0 Å². The zero-order valence-electron chi connectivity index (χ0n) is 6.04. The smallest absolute Gasteiger partial charge is 0.323 e. The van der Waals surface area contributed by atoms with E-state index in [1.165, 1.54) is 12.4 Å². The molecule has 12 heavy (non-hydrogen) atoms. The molecule has 62 valence electrons. The summed E-state index contributed by atoms with van der Waals surface area (Å²) in [5.41, 5.74) is 5.32. The van der Waals surface area contributed by atoms with Crippen molar-refractivity contribution in [3.05, 3.63) is 24.3 Å². The van der Waals surface area contributed by atoms with E-state index in [2.05, 4.69) is 20.0 Å². The molecule has 0 saturated carbocycles. The van der Waals surface area contributed by atoms with Gasteiger partial charge in [-0.05, 0) is 6.07 Å². The lowest BCUT2D eigenvalue weighted by atomic mass is 10.5. The van der Waals surface area contributed by atoms with Gasteiger partial charge in [0.2, 0.25) is 5.84 Å². The van der Waals surface area contributed by atoms with Gasteiger partial charge in [-0.15, -0.1) is 0 Å². The number of nitrogens with zero attached hydrogens (tertiary/aromatic N) is 3.